The van der Waals surface area contributed by atoms with Crippen molar-refractivity contribution in [2.45, 2.75) is 29.9 Å². The van der Waals surface area contributed by atoms with E-state index in [1.807, 2.05) is 18.2 Å². The molecule has 0 bridgehead atoms. The summed E-state index contributed by atoms with van der Waals surface area (Å²) in [6, 6.07) is 18.2. The zero-order chi connectivity index (χ0) is 23.5. The number of unbranched alkanes of at least 4 members (excludes halogenated alkanes) is 1. The van der Waals surface area contributed by atoms with Crippen molar-refractivity contribution in [3.05, 3.63) is 89.5 Å². The van der Waals surface area contributed by atoms with Crippen LogP contribution in [0, 0.1) is 5.82 Å². The fourth-order valence-corrected chi connectivity index (χ4v) is 3.94. The molecule has 0 fully saturated rings. The van der Waals surface area contributed by atoms with E-state index in [-0.39, 0.29) is 5.82 Å². The topological polar surface area (TPSA) is 68.7 Å². The number of nitrogens with zero attached hydrogens (tertiary/aromatic N) is 1. The molecule has 1 aromatic heterocycles. The highest BCUT2D eigenvalue weighted by Gasteiger charge is 2.08. The summed E-state index contributed by atoms with van der Waals surface area (Å²) >= 11 is 1.34. The van der Waals surface area contributed by atoms with Gasteiger partial charge in [-0.2, -0.15) is 0 Å². The summed E-state index contributed by atoms with van der Waals surface area (Å²) in [5, 5.41) is 9.00. The van der Waals surface area contributed by atoms with E-state index in [2.05, 4.69) is 17.1 Å². The van der Waals surface area contributed by atoms with E-state index in [9.17, 15) is 9.18 Å². The highest BCUT2D eigenvalue weighted by molar-refractivity contribution is 7.98. The van der Waals surface area contributed by atoms with Gasteiger partial charge in [0.25, 0.3) is 0 Å². The van der Waals surface area contributed by atoms with Gasteiger partial charge in [-0.25, -0.2) is 14.2 Å². The molecule has 172 valence electrons. The lowest BCUT2D eigenvalue weighted by Crippen LogP contribution is -2.02. The van der Waals surface area contributed by atoms with Gasteiger partial charge in [0, 0.05) is 16.7 Å². The van der Waals surface area contributed by atoms with Crippen LogP contribution in [0.1, 0.15) is 29.8 Å². The number of hydrogen-bond donors (Lipinski definition) is 1. The first-order valence-corrected chi connectivity index (χ1v) is 11.6. The fraction of sp³-hybridized carbons (Fsp3) is 0.231. The van der Waals surface area contributed by atoms with Crippen molar-refractivity contribution in [3.8, 4) is 11.5 Å². The molecule has 0 aliphatic heterocycles. The summed E-state index contributed by atoms with van der Waals surface area (Å²) in [7, 11) is 1.65. The van der Waals surface area contributed by atoms with Gasteiger partial charge < -0.3 is 14.6 Å². The third-order valence-electron chi connectivity index (χ3n) is 4.82. The van der Waals surface area contributed by atoms with Crippen molar-refractivity contribution in [3.63, 3.8) is 0 Å². The number of carbonyl (C=O) groups is 1. The molecule has 1 heterocycles. The first-order valence-electron chi connectivity index (χ1n) is 10.6. The minimum atomic E-state index is -1.06. The second kappa shape index (κ2) is 12.6. The molecule has 0 spiro atoms. The molecule has 1 N–H and O–H groups in total. The zero-order valence-electron chi connectivity index (χ0n) is 18.4. The number of hydrogen-bond acceptors (Lipinski definition) is 5. The van der Waals surface area contributed by atoms with Crippen molar-refractivity contribution in [1.29, 1.82) is 0 Å². The van der Waals surface area contributed by atoms with Crippen LogP contribution in [-0.4, -0.2) is 29.8 Å². The molecule has 0 aliphatic rings. The minimum Gasteiger partial charge on any atom is -0.497 e. The molecule has 0 amide bonds. The van der Waals surface area contributed by atoms with E-state index in [1.165, 1.54) is 29.5 Å². The number of benzene rings is 2. The molecule has 2 aromatic carbocycles. The second-order valence-electron chi connectivity index (χ2n) is 7.23. The van der Waals surface area contributed by atoms with Gasteiger partial charge in [-0.1, -0.05) is 24.3 Å². The summed E-state index contributed by atoms with van der Waals surface area (Å²) in [4.78, 5) is 16.0. The average Bonchev–Trinajstić information content (AvgIpc) is 2.83. The number of aryl methyl sites for hydroxylation is 1. The van der Waals surface area contributed by atoms with Gasteiger partial charge in [0.2, 0.25) is 0 Å². The zero-order valence-corrected chi connectivity index (χ0v) is 19.2. The molecule has 0 unspecified atom stereocenters. The van der Waals surface area contributed by atoms with E-state index in [0.717, 1.165) is 31.1 Å². The van der Waals surface area contributed by atoms with Gasteiger partial charge in [0.1, 0.15) is 23.0 Å². The van der Waals surface area contributed by atoms with Crippen molar-refractivity contribution in [1.82, 2.24) is 4.98 Å². The largest absolute Gasteiger partial charge is 0.497 e. The van der Waals surface area contributed by atoms with Crippen LogP contribution in [-0.2, 0) is 17.0 Å². The van der Waals surface area contributed by atoms with Gasteiger partial charge in [-0.3, -0.25) is 0 Å². The lowest BCUT2D eigenvalue weighted by molar-refractivity contribution is -0.131. The van der Waals surface area contributed by atoms with Crippen LogP contribution < -0.4 is 9.47 Å². The molecule has 0 radical (unpaired) electrons. The number of thioether (sulfide) groups is 1. The smallest absolute Gasteiger partial charge is 0.328 e. The number of aromatic nitrogens is 1. The van der Waals surface area contributed by atoms with Gasteiger partial charge >= 0.3 is 5.97 Å². The average molecular weight is 468 g/mol. The van der Waals surface area contributed by atoms with Crippen LogP contribution in [0.2, 0.25) is 0 Å². The van der Waals surface area contributed by atoms with Crippen LogP contribution >= 0.6 is 11.8 Å². The van der Waals surface area contributed by atoms with E-state index in [1.54, 1.807) is 31.4 Å². The summed E-state index contributed by atoms with van der Waals surface area (Å²) < 4.78 is 24.9. The summed E-state index contributed by atoms with van der Waals surface area (Å²) in [5.41, 5.74) is 2.39. The van der Waals surface area contributed by atoms with Crippen LogP contribution in [0.15, 0.2) is 71.6 Å². The number of carboxylic acids is 1. The molecular weight excluding hydrogens is 441 g/mol. The predicted molar refractivity (Wildman–Crippen MR) is 128 cm³/mol. The van der Waals surface area contributed by atoms with Crippen molar-refractivity contribution < 1.29 is 23.8 Å². The Morgan fingerprint density at radius 1 is 1.09 bits per heavy atom. The Labute approximate surface area is 197 Å². The summed E-state index contributed by atoms with van der Waals surface area (Å²) in [6.07, 6.45) is 5.19. The van der Waals surface area contributed by atoms with Crippen LogP contribution in [0.25, 0.3) is 6.08 Å². The first-order chi connectivity index (χ1) is 16.0. The molecule has 3 rings (SSSR count). The van der Waals surface area contributed by atoms with E-state index in [0.29, 0.717) is 34.4 Å². The van der Waals surface area contributed by atoms with E-state index >= 15 is 0 Å². The third-order valence-corrected chi connectivity index (χ3v) is 5.90. The molecule has 0 saturated carbocycles. The van der Waals surface area contributed by atoms with Crippen LogP contribution in [0.3, 0.4) is 0 Å². The monoisotopic (exact) mass is 467 g/mol. The van der Waals surface area contributed by atoms with Gasteiger partial charge in [0.15, 0.2) is 0 Å². The van der Waals surface area contributed by atoms with Gasteiger partial charge in [0.05, 0.1) is 19.4 Å². The Bertz CT molecular complexity index is 1090. The number of carboxylic acid groups (broad SMARTS) is 1. The Kier molecular flexibility index (Phi) is 9.32. The second-order valence-corrected chi connectivity index (χ2v) is 8.25. The van der Waals surface area contributed by atoms with Crippen molar-refractivity contribution >= 4 is 23.8 Å². The molecule has 0 aliphatic carbocycles. The first kappa shape index (κ1) is 24.3. The maximum absolute atomic E-state index is 13.8. The van der Waals surface area contributed by atoms with E-state index in [4.69, 9.17) is 14.6 Å². The number of rotatable bonds is 12. The predicted octanol–water partition coefficient (Wildman–Crippen LogP) is 6.02. The maximum Gasteiger partial charge on any atom is 0.328 e. The lowest BCUT2D eigenvalue weighted by Gasteiger charge is -2.11. The Hall–Kier alpha value is -3.32. The number of pyridine rings is 1. The van der Waals surface area contributed by atoms with Crippen molar-refractivity contribution in [2.24, 2.45) is 0 Å². The van der Waals surface area contributed by atoms with Crippen molar-refractivity contribution in [2.75, 3.05) is 13.7 Å². The SMILES string of the molecule is COc1ccc(CCCCOc2ccc(CSc3ccccc3F)nc2C=CC(=O)O)cc1. The standard InChI is InChI=1S/C26H26FNO4S/c1-31-21-12-9-19(10-13-21)6-4-5-17-32-24-15-11-20(28-23(24)14-16-26(29)30)18-33-25-8-3-2-7-22(25)27/h2-3,7-16H,4-6,17-18H2,1H3,(H,29,30). The summed E-state index contributed by atoms with van der Waals surface area (Å²) in [5.74, 6) is 0.483. The Balaban J connectivity index is 1.56. The van der Waals surface area contributed by atoms with Crippen LogP contribution in [0.4, 0.5) is 4.39 Å². The highest BCUT2D eigenvalue weighted by Crippen LogP contribution is 2.27. The Morgan fingerprint density at radius 3 is 2.61 bits per heavy atom. The fourth-order valence-electron chi connectivity index (χ4n) is 3.10. The summed E-state index contributed by atoms with van der Waals surface area (Å²) in [6.45, 7) is 0.495. The molecule has 5 nitrogen and oxygen atoms in total. The normalized spacial score (nSPS) is 11.0. The highest BCUT2D eigenvalue weighted by atomic mass is 32.2. The molecule has 7 heteroatoms. The lowest BCUT2D eigenvalue weighted by atomic mass is 10.1. The molecule has 3 aromatic rings. The molecular formula is C26H26FNO4S. The number of halogens is 1. The minimum absolute atomic E-state index is 0.275. The van der Waals surface area contributed by atoms with Crippen LogP contribution in [0.5, 0.6) is 11.5 Å². The molecule has 33 heavy (non-hydrogen) atoms. The Morgan fingerprint density at radius 2 is 1.88 bits per heavy atom. The van der Waals surface area contributed by atoms with E-state index < -0.39 is 5.97 Å². The number of aliphatic carboxylic acids is 1. The molecule has 0 saturated heterocycles. The number of methoxy groups -OCH3 is 1. The molecule has 0 atom stereocenters. The quantitative estimate of drug-likeness (QED) is 0.200. The third kappa shape index (κ3) is 7.95. The van der Waals surface area contributed by atoms with Gasteiger partial charge in [-0.05, 0) is 67.3 Å². The number of ether oxygens (including phenoxy) is 2. The van der Waals surface area contributed by atoms with Gasteiger partial charge in [-0.15, -0.1) is 11.8 Å². The maximum atomic E-state index is 13.8.